The Morgan fingerprint density at radius 2 is 2.00 bits per heavy atom. The minimum atomic E-state index is -3.10. The van der Waals surface area contributed by atoms with E-state index in [4.69, 9.17) is 0 Å². The van der Waals surface area contributed by atoms with Crippen molar-refractivity contribution in [1.29, 1.82) is 0 Å². The Kier molecular flexibility index (Phi) is 3.72. The molecule has 4 heteroatoms. The highest BCUT2D eigenvalue weighted by Crippen LogP contribution is 2.35. The van der Waals surface area contributed by atoms with E-state index in [0.29, 0.717) is 0 Å². The predicted molar refractivity (Wildman–Crippen MR) is 60.6 cm³/mol. The van der Waals surface area contributed by atoms with Crippen LogP contribution in [0.1, 0.15) is 31.2 Å². The summed E-state index contributed by atoms with van der Waals surface area (Å²) in [5, 5.41) is 3.06. The second-order valence-electron chi connectivity index (χ2n) is 4.54. The Morgan fingerprint density at radius 1 is 1.24 bits per heavy atom. The molecule has 2 rings (SSSR count). The zero-order valence-electron chi connectivity index (χ0n) is 9.56. The van der Waals surface area contributed by atoms with Gasteiger partial charge >= 0.3 is 0 Å². The summed E-state index contributed by atoms with van der Waals surface area (Å²) < 4.78 is 41.2. The van der Waals surface area contributed by atoms with Crippen LogP contribution in [-0.4, -0.2) is 12.6 Å². The van der Waals surface area contributed by atoms with E-state index in [1.807, 2.05) is 0 Å². The molecule has 1 fully saturated rings. The SMILES string of the molecule is Fc1ccccc1C(F)(F)CC1CCCCN1. The summed E-state index contributed by atoms with van der Waals surface area (Å²) in [6.45, 7) is 0.776. The van der Waals surface area contributed by atoms with E-state index in [2.05, 4.69) is 5.32 Å². The lowest BCUT2D eigenvalue weighted by molar-refractivity contribution is -0.0284. The number of hydrogen-bond acceptors (Lipinski definition) is 1. The summed E-state index contributed by atoms with van der Waals surface area (Å²) in [6, 6.07) is 4.91. The van der Waals surface area contributed by atoms with E-state index < -0.39 is 17.3 Å². The highest BCUT2D eigenvalue weighted by Gasteiger charge is 2.37. The average Bonchev–Trinajstić information content (AvgIpc) is 2.30. The topological polar surface area (TPSA) is 12.0 Å². The highest BCUT2D eigenvalue weighted by atomic mass is 19.3. The van der Waals surface area contributed by atoms with Crippen LogP contribution in [0, 0.1) is 5.82 Å². The lowest BCUT2D eigenvalue weighted by Crippen LogP contribution is -2.38. The molecular weight excluding hydrogens is 227 g/mol. The van der Waals surface area contributed by atoms with E-state index >= 15 is 0 Å². The summed E-state index contributed by atoms with van der Waals surface area (Å²) in [4.78, 5) is 0. The number of benzene rings is 1. The summed E-state index contributed by atoms with van der Waals surface area (Å²) in [5.74, 6) is -3.92. The van der Waals surface area contributed by atoms with Gasteiger partial charge in [0, 0.05) is 12.5 Å². The smallest absolute Gasteiger partial charge is 0.277 e. The maximum Gasteiger partial charge on any atom is 0.277 e. The van der Waals surface area contributed by atoms with Crippen LogP contribution in [0.4, 0.5) is 13.2 Å². The molecule has 0 aliphatic carbocycles. The van der Waals surface area contributed by atoms with Crippen LogP contribution < -0.4 is 5.32 Å². The zero-order chi connectivity index (χ0) is 12.3. The van der Waals surface area contributed by atoms with Gasteiger partial charge < -0.3 is 5.32 Å². The molecule has 1 atom stereocenters. The monoisotopic (exact) mass is 243 g/mol. The molecule has 1 aromatic rings. The number of piperidine rings is 1. The number of rotatable bonds is 3. The number of alkyl halides is 2. The van der Waals surface area contributed by atoms with Crippen LogP contribution in [-0.2, 0) is 5.92 Å². The van der Waals surface area contributed by atoms with Crippen LogP contribution in [0.3, 0.4) is 0 Å². The van der Waals surface area contributed by atoms with E-state index in [9.17, 15) is 13.2 Å². The quantitative estimate of drug-likeness (QED) is 0.857. The highest BCUT2D eigenvalue weighted by molar-refractivity contribution is 5.22. The van der Waals surface area contributed by atoms with E-state index in [1.165, 1.54) is 12.1 Å². The minimum Gasteiger partial charge on any atom is -0.314 e. The molecule has 0 radical (unpaired) electrons. The molecule has 0 bridgehead atoms. The van der Waals surface area contributed by atoms with E-state index in [1.54, 1.807) is 0 Å². The molecule has 0 spiro atoms. The average molecular weight is 243 g/mol. The van der Waals surface area contributed by atoms with Crippen molar-refractivity contribution in [2.24, 2.45) is 0 Å². The second kappa shape index (κ2) is 5.08. The largest absolute Gasteiger partial charge is 0.314 e. The van der Waals surface area contributed by atoms with Crippen LogP contribution in [0.2, 0.25) is 0 Å². The predicted octanol–water partition coefficient (Wildman–Crippen LogP) is 3.45. The number of hydrogen-bond donors (Lipinski definition) is 1. The van der Waals surface area contributed by atoms with Gasteiger partial charge in [-0.25, -0.2) is 13.2 Å². The Morgan fingerprint density at radius 3 is 2.65 bits per heavy atom. The normalized spacial score (nSPS) is 21.5. The third kappa shape index (κ3) is 3.00. The lowest BCUT2D eigenvalue weighted by Gasteiger charge is -2.27. The second-order valence-corrected chi connectivity index (χ2v) is 4.54. The zero-order valence-corrected chi connectivity index (χ0v) is 9.56. The molecular formula is C13H16F3N. The number of halogens is 3. The lowest BCUT2D eigenvalue weighted by atomic mass is 9.95. The fraction of sp³-hybridized carbons (Fsp3) is 0.538. The molecule has 1 aliphatic heterocycles. The molecule has 0 amide bonds. The molecule has 1 saturated heterocycles. The van der Waals surface area contributed by atoms with Crippen LogP contribution in [0.5, 0.6) is 0 Å². The van der Waals surface area contributed by atoms with Crippen LogP contribution >= 0.6 is 0 Å². The molecule has 17 heavy (non-hydrogen) atoms. The molecule has 1 N–H and O–H groups in total. The molecule has 1 aromatic carbocycles. The van der Waals surface area contributed by atoms with Gasteiger partial charge in [-0.05, 0) is 25.5 Å². The minimum absolute atomic E-state index is 0.210. The third-order valence-corrected chi connectivity index (χ3v) is 3.18. The Balaban J connectivity index is 2.10. The van der Waals surface area contributed by atoms with Crippen molar-refractivity contribution in [2.75, 3.05) is 6.54 Å². The summed E-state index contributed by atoms with van der Waals surface area (Å²) >= 11 is 0. The van der Waals surface area contributed by atoms with Crippen molar-refractivity contribution in [1.82, 2.24) is 5.32 Å². The molecule has 94 valence electrons. The molecule has 0 saturated carbocycles. The maximum atomic E-state index is 13.9. The van der Waals surface area contributed by atoms with Gasteiger partial charge in [-0.2, -0.15) is 0 Å². The van der Waals surface area contributed by atoms with E-state index in [-0.39, 0.29) is 12.5 Å². The van der Waals surface area contributed by atoms with Crippen molar-refractivity contribution in [3.8, 4) is 0 Å². The standard InChI is InChI=1S/C13H16F3N/c14-12-7-2-1-6-11(12)13(15,16)9-10-5-3-4-8-17-10/h1-2,6-7,10,17H,3-5,8-9H2. The van der Waals surface area contributed by atoms with Crippen molar-refractivity contribution in [2.45, 2.75) is 37.6 Å². The Bertz CT molecular complexity index is 373. The van der Waals surface area contributed by atoms with Gasteiger partial charge in [0.2, 0.25) is 0 Å². The summed E-state index contributed by atoms with van der Waals surface area (Å²) in [7, 11) is 0. The van der Waals surface area contributed by atoms with Gasteiger partial charge in [-0.15, -0.1) is 0 Å². The molecule has 1 unspecified atom stereocenters. The molecule has 1 aliphatic rings. The third-order valence-electron chi connectivity index (χ3n) is 3.18. The molecule has 0 aromatic heterocycles. The van der Waals surface area contributed by atoms with Crippen molar-refractivity contribution < 1.29 is 13.2 Å². The first-order chi connectivity index (χ1) is 8.09. The van der Waals surface area contributed by atoms with Crippen LogP contribution in [0.25, 0.3) is 0 Å². The maximum absolute atomic E-state index is 13.9. The van der Waals surface area contributed by atoms with Gasteiger partial charge in [0.15, 0.2) is 0 Å². The molecule has 1 heterocycles. The van der Waals surface area contributed by atoms with Crippen LogP contribution in [0.15, 0.2) is 24.3 Å². The van der Waals surface area contributed by atoms with Crippen molar-refractivity contribution in [3.63, 3.8) is 0 Å². The van der Waals surface area contributed by atoms with Gasteiger partial charge in [0.25, 0.3) is 5.92 Å². The van der Waals surface area contributed by atoms with E-state index in [0.717, 1.165) is 37.9 Å². The van der Waals surface area contributed by atoms with Gasteiger partial charge in [-0.1, -0.05) is 24.6 Å². The fourth-order valence-electron chi connectivity index (χ4n) is 2.28. The summed E-state index contributed by atoms with van der Waals surface area (Å²) in [5.41, 5.74) is -0.493. The Hall–Kier alpha value is -1.03. The van der Waals surface area contributed by atoms with Gasteiger partial charge in [-0.3, -0.25) is 0 Å². The fourth-order valence-corrected chi connectivity index (χ4v) is 2.28. The first-order valence-corrected chi connectivity index (χ1v) is 5.96. The van der Waals surface area contributed by atoms with Crippen molar-refractivity contribution in [3.05, 3.63) is 35.6 Å². The van der Waals surface area contributed by atoms with Gasteiger partial charge in [0.1, 0.15) is 5.82 Å². The van der Waals surface area contributed by atoms with Gasteiger partial charge in [0.05, 0.1) is 5.56 Å². The first-order valence-electron chi connectivity index (χ1n) is 5.96. The molecule has 1 nitrogen and oxygen atoms in total. The summed E-state index contributed by atoms with van der Waals surface area (Å²) in [6.07, 6.45) is 2.41. The first kappa shape index (κ1) is 12.4. The number of nitrogens with one attached hydrogen (secondary N) is 1. The Labute approximate surface area is 99.0 Å². The van der Waals surface area contributed by atoms with Crippen molar-refractivity contribution >= 4 is 0 Å².